The fourth-order valence-corrected chi connectivity index (χ4v) is 2.99. The minimum Gasteiger partial charge on any atom is -0.330 e. The Bertz CT molecular complexity index is 139. The normalized spacial score (nSPS) is 23.9. The van der Waals surface area contributed by atoms with Crippen molar-refractivity contribution in [2.75, 3.05) is 12.3 Å². The van der Waals surface area contributed by atoms with Crippen LogP contribution in [0.5, 0.6) is 0 Å². The smallest absolute Gasteiger partial charge is 0.00841 e. The Kier molecular flexibility index (Phi) is 4.77. The van der Waals surface area contributed by atoms with E-state index in [0.29, 0.717) is 0 Å². The van der Waals surface area contributed by atoms with Crippen molar-refractivity contribution in [3.05, 3.63) is 12.2 Å². The number of nitrogens with two attached hydrogens (primary N) is 1. The molecule has 1 unspecified atom stereocenters. The Labute approximate surface area is 79.8 Å². The molecule has 1 saturated heterocycles. The van der Waals surface area contributed by atoms with E-state index in [9.17, 15) is 0 Å². The molecule has 0 radical (unpaired) electrons. The summed E-state index contributed by atoms with van der Waals surface area (Å²) in [4.78, 5) is 0. The zero-order valence-electron chi connectivity index (χ0n) is 7.72. The minimum absolute atomic E-state index is 0.760. The zero-order valence-corrected chi connectivity index (χ0v) is 8.54. The van der Waals surface area contributed by atoms with Crippen molar-refractivity contribution in [2.45, 2.75) is 37.4 Å². The Morgan fingerprint density at radius 2 is 2.33 bits per heavy atom. The van der Waals surface area contributed by atoms with E-state index in [0.717, 1.165) is 18.2 Å². The lowest BCUT2D eigenvalue weighted by Gasteiger charge is -2.21. The van der Waals surface area contributed by atoms with Crippen molar-refractivity contribution in [3.63, 3.8) is 0 Å². The molecule has 1 nitrogen and oxygen atoms in total. The summed E-state index contributed by atoms with van der Waals surface area (Å²) in [6.07, 6.45) is 6.41. The number of rotatable bonds is 4. The standard InChI is InChI=1S/C10H19NS/c1-9(5-6-11)8-10-4-2-3-7-12-10/h10H,1-8,11H2. The van der Waals surface area contributed by atoms with Crippen LogP contribution >= 0.6 is 11.8 Å². The lowest BCUT2D eigenvalue weighted by Crippen LogP contribution is -2.11. The van der Waals surface area contributed by atoms with Crippen LogP contribution in [0.3, 0.4) is 0 Å². The van der Waals surface area contributed by atoms with Crippen LogP contribution in [0.2, 0.25) is 0 Å². The average molecular weight is 185 g/mol. The van der Waals surface area contributed by atoms with E-state index in [1.807, 2.05) is 0 Å². The molecule has 1 aliphatic rings. The van der Waals surface area contributed by atoms with E-state index in [4.69, 9.17) is 5.73 Å². The Morgan fingerprint density at radius 1 is 1.50 bits per heavy atom. The van der Waals surface area contributed by atoms with E-state index >= 15 is 0 Å². The average Bonchev–Trinajstić information content (AvgIpc) is 2.06. The lowest BCUT2D eigenvalue weighted by atomic mass is 10.0. The van der Waals surface area contributed by atoms with Crippen LogP contribution in [0.15, 0.2) is 12.2 Å². The first-order chi connectivity index (χ1) is 5.83. The van der Waals surface area contributed by atoms with Crippen LogP contribution in [-0.4, -0.2) is 17.5 Å². The van der Waals surface area contributed by atoms with E-state index in [-0.39, 0.29) is 0 Å². The Balaban J connectivity index is 2.15. The van der Waals surface area contributed by atoms with Gasteiger partial charge in [0.1, 0.15) is 0 Å². The van der Waals surface area contributed by atoms with E-state index in [2.05, 4.69) is 18.3 Å². The van der Waals surface area contributed by atoms with Gasteiger partial charge < -0.3 is 5.73 Å². The van der Waals surface area contributed by atoms with Crippen LogP contribution in [-0.2, 0) is 0 Å². The van der Waals surface area contributed by atoms with Crippen molar-refractivity contribution < 1.29 is 0 Å². The number of hydrogen-bond acceptors (Lipinski definition) is 2. The molecule has 0 spiro atoms. The van der Waals surface area contributed by atoms with Crippen LogP contribution in [0, 0.1) is 0 Å². The molecule has 1 fully saturated rings. The van der Waals surface area contributed by atoms with Gasteiger partial charge in [0.25, 0.3) is 0 Å². The highest BCUT2D eigenvalue weighted by Gasteiger charge is 2.14. The first-order valence-corrected chi connectivity index (χ1v) is 5.86. The maximum absolute atomic E-state index is 5.47. The van der Waals surface area contributed by atoms with Crippen molar-refractivity contribution in [3.8, 4) is 0 Å². The van der Waals surface area contributed by atoms with Gasteiger partial charge in [-0.25, -0.2) is 0 Å². The second-order valence-corrected chi connectivity index (χ2v) is 4.89. The second kappa shape index (κ2) is 5.65. The van der Waals surface area contributed by atoms with Gasteiger partial charge in [0.2, 0.25) is 0 Å². The summed E-state index contributed by atoms with van der Waals surface area (Å²) < 4.78 is 0. The predicted molar refractivity (Wildman–Crippen MR) is 57.5 cm³/mol. The van der Waals surface area contributed by atoms with Gasteiger partial charge in [-0.05, 0) is 38.0 Å². The van der Waals surface area contributed by atoms with Gasteiger partial charge in [0.05, 0.1) is 0 Å². The fraction of sp³-hybridized carbons (Fsp3) is 0.800. The molecule has 0 aromatic carbocycles. The molecule has 2 heteroatoms. The Hall–Kier alpha value is 0.0500. The summed E-state index contributed by atoms with van der Waals surface area (Å²) in [5.74, 6) is 1.35. The summed E-state index contributed by atoms with van der Waals surface area (Å²) in [6, 6.07) is 0. The molecule has 0 saturated carbocycles. The topological polar surface area (TPSA) is 26.0 Å². The van der Waals surface area contributed by atoms with Gasteiger partial charge in [-0.15, -0.1) is 0 Å². The molecule has 0 amide bonds. The van der Waals surface area contributed by atoms with Gasteiger partial charge >= 0.3 is 0 Å². The third kappa shape index (κ3) is 3.63. The van der Waals surface area contributed by atoms with E-state index in [1.54, 1.807) is 0 Å². The number of thioether (sulfide) groups is 1. The van der Waals surface area contributed by atoms with Crippen molar-refractivity contribution in [2.24, 2.45) is 5.73 Å². The van der Waals surface area contributed by atoms with Gasteiger partial charge in [-0.2, -0.15) is 11.8 Å². The van der Waals surface area contributed by atoms with Crippen LogP contribution in [0.1, 0.15) is 32.1 Å². The monoisotopic (exact) mass is 185 g/mol. The zero-order chi connectivity index (χ0) is 8.81. The van der Waals surface area contributed by atoms with Gasteiger partial charge in [-0.1, -0.05) is 18.6 Å². The van der Waals surface area contributed by atoms with Crippen LogP contribution in [0.4, 0.5) is 0 Å². The van der Waals surface area contributed by atoms with Gasteiger partial charge in [-0.3, -0.25) is 0 Å². The summed E-state index contributed by atoms with van der Waals surface area (Å²) in [7, 11) is 0. The molecule has 1 heterocycles. The van der Waals surface area contributed by atoms with E-state index in [1.165, 1.54) is 37.0 Å². The van der Waals surface area contributed by atoms with Gasteiger partial charge in [0.15, 0.2) is 0 Å². The second-order valence-electron chi connectivity index (χ2n) is 3.48. The molecular formula is C10H19NS. The first-order valence-electron chi connectivity index (χ1n) is 4.81. The molecule has 1 aliphatic heterocycles. The molecule has 12 heavy (non-hydrogen) atoms. The highest BCUT2D eigenvalue weighted by Crippen LogP contribution is 2.29. The molecule has 1 atom stereocenters. The van der Waals surface area contributed by atoms with Crippen LogP contribution in [0.25, 0.3) is 0 Å². The number of hydrogen-bond donors (Lipinski definition) is 1. The summed E-state index contributed by atoms with van der Waals surface area (Å²) in [5, 5.41) is 0.845. The summed E-state index contributed by atoms with van der Waals surface area (Å²) in [6.45, 7) is 4.81. The minimum atomic E-state index is 0.760. The highest BCUT2D eigenvalue weighted by molar-refractivity contribution is 7.99. The molecule has 70 valence electrons. The summed E-state index contributed by atoms with van der Waals surface area (Å²) in [5.41, 5.74) is 6.81. The van der Waals surface area contributed by atoms with Crippen molar-refractivity contribution in [1.82, 2.24) is 0 Å². The third-order valence-electron chi connectivity index (χ3n) is 2.29. The lowest BCUT2D eigenvalue weighted by molar-refractivity contribution is 0.651. The van der Waals surface area contributed by atoms with Crippen molar-refractivity contribution in [1.29, 1.82) is 0 Å². The van der Waals surface area contributed by atoms with E-state index < -0.39 is 0 Å². The highest BCUT2D eigenvalue weighted by atomic mass is 32.2. The fourth-order valence-electron chi connectivity index (χ4n) is 1.60. The maximum atomic E-state index is 5.47. The predicted octanol–water partition coefficient (Wildman–Crippen LogP) is 2.57. The quantitative estimate of drug-likeness (QED) is 0.681. The molecule has 2 N–H and O–H groups in total. The van der Waals surface area contributed by atoms with Crippen molar-refractivity contribution >= 4 is 11.8 Å². The SMILES string of the molecule is C=C(CCN)CC1CCCCS1. The molecule has 0 aromatic heterocycles. The molecule has 1 rings (SSSR count). The maximum Gasteiger partial charge on any atom is 0.00841 e. The third-order valence-corrected chi connectivity index (χ3v) is 3.69. The Morgan fingerprint density at radius 3 is 2.92 bits per heavy atom. The molecule has 0 bridgehead atoms. The molecular weight excluding hydrogens is 166 g/mol. The molecule has 0 aromatic rings. The first kappa shape index (κ1) is 10.1. The largest absolute Gasteiger partial charge is 0.330 e. The summed E-state index contributed by atoms with van der Waals surface area (Å²) >= 11 is 2.12. The van der Waals surface area contributed by atoms with Gasteiger partial charge in [0, 0.05) is 5.25 Å². The molecule has 0 aliphatic carbocycles. The van der Waals surface area contributed by atoms with Crippen LogP contribution < -0.4 is 5.73 Å².